The van der Waals surface area contributed by atoms with Crippen LogP contribution >= 0.6 is 0 Å². The molecule has 6 heteroatoms. The summed E-state index contributed by atoms with van der Waals surface area (Å²) >= 11 is 0. The number of rotatable bonds is 0. The van der Waals surface area contributed by atoms with E-state index < -0.39 is 5.60 Å². The summed E-state index contributed by atoms with van der Waals surface area (Å²) in [5, 5.41) is 4.07. The zero-order chi connectivity index (χ0) is 11.9. The second-order valence-electron chi connectivity index (χ2n) is 4.78. The molecule has 0 aliphatic carbocycles. The van der Waals surface area contributed by atoms with Gasteiger partial charge in [0.2, 0.25) is 0 Å². The Bertz CT molecular complexity index is 419. The van der Waals surface area contributed by atoms with Gasteiger partial charge in [0.15, 0.2) is 5.82 Å². The van der Waals surface area contributed by atoms with Gasteiger partial charge in [-0.05, 0) is 20.8 Å². The lowest BCUT2D eigenvalue weighted by molar-refractivity contribution is 0.0584. The first-order chi connectivity index (χ1) is 7.38. The topological polar surface area (TPSA) is 73.4 Å². The van der Waals surface area contributed by atoms with Gasteiger partial charge >= 0.3 is 6.09 Å². The third-order valence-corrected chi connectivity index (χ3v) is 2.24. The minimum atomic E-state index is -0.501. The first kappa shape index (κ1) is 10.8. The molecule has 0 saturated heterocycles. The lowest BCUT2D eigenvalue weighted by Gasteiger charge is -2.23. The maximum Gasteiger partial charge on any atom is 0.416 e. The number of amides is 1. The molecule has 1 aromatic rings. The van der Waals surface area contributed by atoms with Gasteiger partial charge in [0, 0.05) is 0 Å². The van der Waals surface area contributed by atoms with Gasteiger partial charge < -0.3 is 10.5 Å². The molecule has 0 unspecified atom stereocenters. The number of ether oxygens (including phenoxy) is 1. The smallest absolute Gasteiger partial charge is 0.416 e. The monoisotopic (exact) mass is 224 g/mol. The maximum absolute atomic E-state index is 11.9. The molecule has 6 nitrogen and oxygen atoms in total. The molecule has 1 aliphatic rings. The summed E-state index contributed by atoms with van der Waals surface area (Å²) in [6.45, 7) is 6.72. The second kappa shape index (κ2) is 3.40. The minimum absolute atomic E-state index is 0.376. The molecule has 0 saturated carbocycles. The van der Waals surface area contributed by atoms with Crippen molar-refractivity contribution in [2.75, 3.05) is 17.2 Å². The fraction of sp³-hybridized carbons (Fsp3) is 0.600. The molecule has 88 valence electrons. The van der Waals surface area contributed by atoms with E-state index in [2.05, 4.69) is 5.10 Å². The van der Waals surface area contributed by atoms with E-state index in [-0.39, 0.29) is 6.09 Å². The van der Waals surface area contributed by atoms with Gasteiger partial charge in [-0.3, -0.25) is 4.90 Å². The third kappa shape index (κ3) is 1.82. The van der Waals surface area contributed by atoms with Crippen LogP contribution in [-0.2, 0) is 11.3 Å². The molecule has 0 fully saturated rings. The molecule has 1 aromatic heterocycles. The van der Waals surface area contributed by atoms with Crippen LogP contribution in [0.4, 0.5) is 16.3 Å². The van der Waals surface area contributed by atoms with Crippen molar-refractivity contribution in [2.24, 2.45) is 0 Å². The number of nitrogens with zero attached hydrogens (tertiary/aromatic N) is 3. The molecule has 0 radical (unpaired) electrons. The zero-order valence-corrected chi connectivity index (χ0v) is 9.73. The molecular formula is C10H16N4O2. The lowest BCUT2D eigenvalue weighted by atomic mass is 10.2. The molecule has 2 heterocycles. The van der Waals surface area contributed by atoms with Crippen molar-refractivity contribution in [3.8, 4) is 0 Å². The summed E-state index contributed by atoms with van der Waals surface area (Å²) in [4.78, 5) is 13.4. The molecular weight excluding hydrogens is 208 g/mol. The summed E-state index contributed by atoms with van der Waals surface area (Å²) < 4.78 is 7.00. The number of aromatic nitrogens is 2. The number of fused-ring (bicyclic) bond motifs is 1. The van der Waals surface area contributed by atoms with Crippen LogP contribution in [0.1, 0.15) is 20.8 Å². The van der Waals surface area contributed by atoms with Gasteiger partial charge in [0.05, 0.1) is 25.0 Å². The standard InChI is InChI=1S/C10H16N4O2/c1-10(2,3)16-9(15)13-4-5-14-8(13)7(11)6-12-14/h6H,4-5,11H2,1-3H3. The quantitative estimate of drug-likeness (QED) is 0.719. The van der Waals surface area contributed by atoms with Crippen LogP contribution in [0.2, 0.25) is 0 Å². The largest absolute Gasteiger partial charge is 0.443 e. The number of carbonyl (C=O) groups excluding carboxylic acids is 1. The molecule has 0 spiro atoms. The van der Waals surface area contributed by atoms with Crippen LogP contribution in [0.5, 0.6) is 0 Å². The highest BCUT2D eigenvalue weighted by Crippen LogP contribution is 2.28. The number of nitrogens with two attached hydrogens (primary N) is 1. The SMILES string of the molecule is CC(C)(C)OC(=O)N1CCn2ncc(N)c21. The Kier molecular flexibility index (Phi) is 2.29. The van der Waals surface area contributed by atoms with Gasteiger partial charge in [0.1, 0.15) is 5.60 Å². The summed E-state index contributed by atoms with van der Waals surface area (Å²) in [7, 11) is 0. The number of anilines is 2. The second-order valence-corrected chi connectivity index (χ2v) is 4.78. The molecule has 2 N–H and O–H groups in total. The van der Waals surface area contributed by atoms with E-state index in [1.165, 1.54) is 4.90 Å². The molecule has 0 bridgehead atoms. The highest BCUT2D eigenvalue weighted by Gasteiger charge is 2.31. The van der Waals surface area contributed by atoms with Crippen molar-refractivity contribution in [2.45, 2.75) is 32.9 Å². The van der Waals surface area contributed by atoms with E-state index >= 15 is 0 Å². The van der Waals surface area contributed by atoms with Crippen LogP contribution in [0.15, 0.2) is 6.20 Å². The maximum atomic E-state index is 11.9. The van der Waals surface area contributed by atoms with Crippen molar-refractivity contribution < 1.29 is 9.53 Å². The van der Waals surface area contributed by atoms with E-state index in [0.29, 0.717) is 24.6 Å². The Morgan fingerprint density at radius 1 is 1.50 bits per heavy atom. The average Bonchev–Trinajstić information content (AvgIpc) is 2.66. The Balaban J connectivity index is 2.19. The van der Waals surface area contributed by atoms with Crippen molar-refractivity contribution in [1.29, 1.82) is 0 Å². The number of carbonyl (C=O) groups is 1. The highest BCUT2D eigenvalue weighted by molar-refractivity contribution is 5.91. The lowest BCUT2D eigenvalue weighted by Crippen LogP contribution is -2.35. The molecule has 16 heavy (non-hydrogen) atoms. The Morgan fingerprint density at radius 2 is 2.19 bits per heavy atom. The zero-order valence-electron chi connectivity index (χ0n) is 9.73. The van der Waals surface area contributed by atoms with Crippen LogP contribution in [0.25, 0.3) is 0 Å². The number of hydrogen-bond acceptors (Lipinski definition) is 4. The molecule has 2 rings (SSSR count). The third-order valence-electron chi connectivity index (χ3n) is 2.24. The Labute approximate surface area is 94.0 Å². The van der Waals surface area contributed by atoms with E-state index in [0.717, 1.165) is 0 Å². The Hall–Kier alpha value is -1.72. The number of hydrogen-bond donors (Lipinski definition) is 1. The summed E-state index contributed by atoms with van der Waals surface area (Å²) in [6.07, 6.45) is 1.17. The van der Waals surface area contributed by atoms with Gasteiger partial charge in [-0.25, -0.2) is 9.48 Å². The van der Waals surface area contributed by atoms with Crippen LogP contribution in [-0.4, -0.2) is 28.0 Å². The summed E-state index contributed by atoms with van der Waals surface area (Å²) in [5.74, 6) is 0.634. The normalized spacial score (nSPS) is 15.1. The first-order valence-corrected chi connectivity index (χ1v) is 5.20. The van der Waals surface area contributed by atoms with Crippen molar-refractivity contribution in [3.63, 3.8) is 0 Å². The average molecular weight is 224 g/mol. The van der Waals surface area contributed by atoms with Crippen LogP contribution in [0, 0.1) is 0 Å². The van der Waals surface area contributed by atoms with Crippen LogP contribution in [0.3, 0.4) is 0 Å². The molecule has 1 aliphatic heterocycles. The van der Waals surface area contributed by atoms with Gasteiger partial charge in [0.25, 0.3) is 0 Å². The number of nitrogen functional groups attached to an aromatic ring is 1. The van der Waals surface area contributed by atoms with E-state index in [4.69, 9.17) is 10.5 Å². The van der Waals surface area contributed by atoms with Gasteiger partial charge in [-0.2, -0.15) is 5.10 Å². The summed E-state index contributed by atoms with van der Waals surface area (Å²) in [5.41, 5.74) is 5.75. The van der Waals surface area contributed by atoms with Crippen LogP contribution < -0.4 is 10.6 Å². The fourth-order valence-corrected chi connectivity index (χ4v) is 1.65. The molecule has 0 atom stereocenters. The van der Waals surface area contributed by atoms with E-state index in [9.17, 15) is 4.79 Å². The molecule has 0 aromatic carbocycles. The van der Waals surface area contributed by atoms with Gasteiger partial charge in [-0.15, -0.1) is 0 Å². The van der Waals surface area contributed by atoms with Gasteiger partial charge in [-0.1, -0.05) is 0 Å². The predicted molar refractivity (Wildman–Crippen MR) is 60.2 cm³/mol. The first-order valence-electron chi connectivity index (χ1n) is 5.20. The van der Waals surface area contributed by atoms with E-state index in [1.807, 2.05) is 20.8 Å². The van der Waals surface area contributed by atoms with Crippen molar-refractivity contribution in [3.05, 3.63) is 6.20 Å². The van der Waals surface area contributed by atoms with E-state index in [1.54, 1.807) is 10.9 Å². The van der Waals surface area contributed by atoms with Crippen molar-refractivity contribution >= 4 is 17.6 Å². The highest BCUT2D eigenvalue weighted by atomic mass is 16.6. The Morgan fingerprint density at radius 3 is 2.81 bits per heavy atom. The van der Waals surface area contributed by atoms with Crippen molar-refractivity contribution in [1.82, 2.24) is 9.78 Å². The minimum Gasteiger partial charge on any atom is -0.443 e. The summed E-state index contributed by atoms with van der Waals surface area (Å²) in [6, 6.07) is 0. The molecule has 1 amide bonds. The predicted octanol–water partition coefficient (Wildman–Crippen LogP) is 1.22. The fourth-order valence-electron chi connectivity index (χ4n) is 1.65.